The van der Waals surface area contributed by atoms with Crippen LogP contribution in [0.4, 0.5) is 15.0 Å². The first-order valence-electron chi connectivity index (χ1n) is 9.28. The van der Waals surface area contributed by atoms with Gasteiger partial charge in [-0.25, -0.2) is 14.2 Å². The predicted molar refractivity (Wildman–Crippen MR) is 113 cm³/mol. The van der Waals surface area contributed by atoms with E-state index in [1.807, 2.05) is 11.0 Å². The van der Waals surface area contributed by atoms with Gasteiger partial charge < -0.3 is 30.7 Å². The summed E-state index contributed by atoms with van der Waals surface area (Å²) in [4.78, 5) is 26.0. The van der Waals surface area contributed by atoms with E-state index in [2.05, 4.69) is 15.1 Å². The molecule has 164 valence electrons. The Balaban J connectivity index is 1.84. The van der Waals surface area contributed by atoms with E-state index in [0.717, 1.165) is 17.1 Å². The first-order chi connectivity index (χ1) is 14.9. The Morgan fingerprint density at radius 2 is 2.00 bits per heavy atom. The van der Waals surface area contributed by atoms with Crippen molar-refractivity contribution in [2.75, 3.05) is 32.2 Å². The average molecular weight is 430 g/mol. The van der Waals surface area contributed by atoms with Crippen molar-refractivity contribution in [3.63, 3.8) is 0 Å². The number of amides is 1. The van der Waals surface area contributed by atoms with Crippen LogP contribution in [0.2, 0.25) is 0 Å². The number of pyridine rings is 1. The third-order valence-corrected chi connectivity index (χ3v) is 4.47. The van der Waals surface area contributed by atoms with Crippen LogP contribution in [0.5, 0.6) is 0 Å². The fourth-order valence-electron chi connectivity index (χ4n) is 3.12. The largest absolute Gasteiger partial charge is 0.443 e. The zero-order valence-corrected chi connectivity index (χ0v) is 17.2. The summed E-state index contributed by atoms with van der Waals surface area (Å²) < 4.78 is 25.3. The van der Waals surface area contributed by atoms with Crippen molar-refractivity contribution in [3.8, 4) is 11.1 Å². The van der Waals surface area contributed by atoms with E-state index < -0.39 is 17.9 Å². The van der Waals surface area contributed by atoms with Crippen LogP contribution in [0.1, 0.15) is 11.1 Å². The maximum Gasteiger partial charge on any atom is 0.437 e. The van der Waals surface area contributed by atoms with E-state index in [1.165, 1.54) is 13.2 Å². The fraction of sp³-hybridized carbons (Fsp3) is 0.300. The standard InChI is InChI=1S/C20H23FN6O4/c1-29-10-14-6-13(7-24-18(14)27-8-15(9-27)26-30-2)16-5-3-4-12(17(16)21)11-31-20(28)25-19(22)23/h3-7H,8-11H2,1-2H3,(H4,22,23,25,28). The van der Waals surface area contributed by atoms with Crippen LogP contribution in [0.25, 0.3) is 11.1 Å². The van der Waals surface area contributed by atoms with Crippen LogP contribution in [-0.2, 0) is 27.5 Å². The number of hydrogen-bond donors (Lipinski definition) is 2. The van der Waals surface area contributed by atoms with E-state index in [0.29, 0.717) is 30.8 Å². The van der Waals surface area contributed by atoms with Crippen molar-refractivity contribution in [2.45, 2.75) is 13.2 Å². The molecule has 0 atom stereocenters. The molecule has 2 aromatic rings. The van der Waals surface area contributed by atoms with E-state index in [1.54, 1.807) is 25.4 Å². The Morgan fingerprint density at radius 1 is 1.23 bits per heavy atom. The molecule has 1 aromatic heterocycles. The van der Waals surface area contributed by atoms with Crippen molar-refractivity contribution in [3.05, 3.63) is 47.4 Å². The molecule has 1 aromatic carbocycles. The Morgan fingerprint density at radius 3 is 2.68 bits per heavy atom. The van der Waals surface area contributed by atoms with Crippen LogP contribution < -0.4 is 16.4 Å². The topological polar surface area (TPSA) is 138 Å². The lowest BCUT2D eigenvalue weighted by Crippen LogP contribution is -2.48. The van der Waals surface area contributed by atoms with Gasteiger partial charge in [0.05, 0.1) is 25.4 Å². The summed E-state index contributed by atoms with van der Waals surface area (Å²) in [6.07, 6.45) is 0.595. The maximum atomic E-state index is 15.1. The number of aromatic nitrogens is 1. The molecule has 1 fully saturated rings. The number of guanidine groups is 1. The molecule has 0 unspecified atom stereocenters. The molecule has 1 aliphatic rings. The van der Waals surface area contributed by atoms with Gasteiger partial charge in [-0.1, -0.05) is 23.4 Å². The number of ether oxygens (including phenoxy) is 2. The predicted octanol–water partition coefficient (Wildman–Crippen LogP) is 1.77. The molecular formula is C20H23FN6O4. The SMILES string of the molecule is COCc1cc(-c2cccc(COC(=O)N=C(N)N)c2F)cnc1N1CC(=NOC)C1. The van der Waals surface area contributed by atoms with Gasteiger partial charge in [0.1, 0.15) is 25.4 Å². The van der Waals surface area contributed by atoms with E-state index in [4.69, 9.17) is 25.8 Å². The molecular weight excluding hydrogens is 407 g/mol. The first-order valence-corrected chi connectivity index (χ1v) is 9.28. The lowest BCUT2D eigenvalue weighted by molar-refractivity contribution is 0.149. The number of oxime groups is 1. The summed E-state index contributed by atoms with van der Waals surface area (Å²) in [5.41, 5.74) is 13.0. The van der Waals surface area contributed by atoms with Gasteiger partial charge in [0.2, 0.25) is 0 Å². The minimum atomic E-state index is -0.996. The number of benzene rings is 1. The van der Waals surface area contributed by atoms with Crippen LogP contribution in [0, 0.1) is 5.82 Å². The Bertz CT molecular complexity index is 1010. The third kappa shape index (κ3) is 5.25. The van der Waals surface area contributed by atoms with Crippen LogP contribution in [0.3, 0.4) is 0 Å². The molecule has 0 saturated carbocycles. The summed E-state index contributed by atoms with van der Waals surface area (Å²) in [5, 5.41) is 3.92. The fourth-order valence-corrected chi connectivity index (χ4v) is 3.12. The normalized spacial score (nSPS) is 12.7. The van der Waals surface area contributed by atoms with Gasteiger partial charge in [-0.3, -0.25) is 0 Å². The van der Waals surface area contributed by atoms with E-state index in [9.17, 15) is 4.79 Å². The molecule has 0 bridgehead atoms. The molecule has 31 heavy (non-hydrogen) atoms. The van der Waals surface area contributed by atoms with E-state index in [-0.39, 0.29) is 12.2 Å². The minimum absolute atomic E-state index is 0.178. The van der Waals surface area contributed by atoms with Crippen molar-refractivity contribution < 1.29 is 23.5 Å². The molecule has 0 aliphatic carbocycles. The molecule has 2 heterocycles. The number of hydrogen-bond acceptors (Lipinski definition) is 7. The summed E-state index contributed by atoms with van der Waals surface area (Å²) in [6.45, 7) is 1.19. The Labute approximate surface area is 178 Å². The number of carbonyl (C=O) groups excluding carboxylic acids is 1. The van der Waals surface area contributed by atoms with Gasteiger partial charge in [-0.05, 0) is 6.07 Å². The Hall–Kier alpha value is -3.73. The third-order valence-electron chi connectivity index (χ3n) is 4.47. The number of anilines is 1. The molecule has 10 nitrogen and oxygen atoms in total. The molecule has 3 rings (SSSR count). The van der Waals surface area contributed by atoms with Crippen molar-refractivity contribution >= 4 is 23.6 Å². The van der Waals surface area contributed by atoms with Crippen molar-refractivity contribution in [1.82, 2.24) is 4.98 Å². The molecule has 1 aliphatic heterocycles. The highest BCUT2D eigenvalue weighted by atomic mass is 19.1. The highest BCUT2D eigenvalue weighted by molar-refractivity contribution is 5.99. The molecule has 1 saturated heterocycles. The van der Waals surface area contributed by atoms with E-state index >= 15 is 4.39 Å². The van der Waals surface area contributed by atoms with Crippen molar-refractivity contribution in [1.29, 1.82) is 0 Å². The van der Waals surface area contributed by atoms with Gasteiger partial charge in [-0.2, -0.15) is 0 Å². The number of nitrogens with two attached hydrogens (primary N) is 2. The second-order valence-corrected chi connectivity index (χ2v) is 6.71. The van der Waals surface area contributed by atoms with Gasteiger partial charge in [-0.15, -0.1) is 4.99 Å². The monoisotopic (exact) mass is 430 g/mol. The van der Waals surface area contributed by atoms with Crippen LogP contribution in [0.15, 0.2) is 40.6 Å². The number of methoxy groups -OCH3 is 1. The zero-order valence-electron chi connectivity index (χ0n) is 17.2. The number of aliphatic imine (C=N–C) groups is 1. The molecule has 11 heteroatoms. The molecule has 4 N–H and O–H groups in total. The molecule has 0 radical (unpaired) electrons. The smallest absolute Gasteiger partial charge is 0.437 e. The van der Waals surface area contributed by atoms with Gasteiger partial charge in [0.25, 0.3) is 0 Å². The summed E-state index contributed by atoms with van der Waals surface area (Å²) in [6, 6.07) is 6.62. The Kier molecular flexibility index (Phi) is 6.98. The number of nitrogens with zero attached hydrogens (tertiary/aromatic N) is 4. The minimum Gasteiger partial charge on any atom is -0.443 e. The molecule has 1 amide bonds. The number of carbonyl (C=O) groups is 1. The summed E-state index contributed by atoms with van der Waals surface area (Å²) in [7, 11) is 3.08. The summed E-state index contributed by atoms with van der Waals surface area (Å²) in [5.74, 6) is -0.223. The van der Waals surface area contributed by atoms with Crippen molar-refractivity contribution in [2.24, 2.45) is 21.6 Å². The number of halogens is 1. The number of rotatable bonds is 7. The molecule has 0 spiro atoms. The lowest BCUT2D eigenvalue weighted by atomic mass is 10.0. The quantitative estimate of drug-likeness (QED) is 0.385. The summed E-state index contributed by atoms with van der Waals surface area (Å²) >= 11 is 0. The first kappa shape index (κ1) is 22.0. The average Bonchev–Trinajstić information content (AvgIpc) is 2.70. The lowest BCUT2D eigenvalue weighted by Gasteiger charge is -2.34. The van der Waals surface area contributed by atoms with Gasteiger partial charge >= 0.3 is 6.09 Å². The maximum absolute atomic E-state index is 15.1. The van der Waals surface area contributed by atoms with Crippen LogP contribution in [-0.4, -0.2) is 50.1 Å². The van der Waals surface area contributed by atoms with Crippen LogP contribution >= 0.6 is 0 Å². The van der Waals surface area contributed by atoms with Gasteiger partial charge in [0.15, 0.2) is 5.96 Å². The second kappa shape index (κ2) is 9.85. The van der Waals surface area contributed by atoms with Gasteiger partial charge in [0, 0.05) is 35.6 Å². The second-order valence-electron chi connectivity index (χ2n) is 6.71. The highest BCUT2D eigenvalue weighted by Crippen LogP contribution is 2.30. The zero-order chi connectivity index (χ0) is 22.4. The highest BCUT2D eigenvalue weighted by Gasteiger charge is 2.26.